The van der Waals surface area contributed by atoms with Crippen molar-refractivity contribution >= 4 is 29.1 Å². The molecule has 1 unspecified atom stereocenters. The van der Waals surface area contributed by atoms with Crippen LogP contribution in [-0.4, -0.2) is 43.3 Å². The minimum absolute atomic E-state index is 0.0357. The van der Waals surface area contributed by atoms with Crippen LogP contribution in [0.3, 0.4) is 0 Å². The number of nitrogen functional groups attached to an aromatic ring is 1. The first-order valence-corrected chi connectivity index (χ1v) is 7.70. The molecule has 9 heteroatoms. The number of amides is 2. The summed E-state index contributed by atoms with van der Waals surface area (Å²) >= 11 is -1.52. The number of hydrogen-bond donors (Lipinski definition) is 1. The molecule has 1 aliphatic heterocycles. The number of hydrogen-bond acceptors (Lipinski definition) is 7. The summed E-state index contributed by atoms with van der Waals surface area (Å²) in [6, 6.07) is 0. The van der Waals surface area contributed by atoms with E-state index in [0.717, 1.165) is 4.90 Å². The highest BCUT2D eigenvalue weighted by Gasteiger charge is 2.41. The molecule has 21 heavy (non-hydrogen) atoms. The van der Waals surface area contributed by atoms with Gasteiger partial charge in [0.1, 0.15) is 17.4 Å². The van der Waals surface area contributed by atoms with Gasteiger partial charge in [0, 0.05) is 11.2 Å². The van der Waals surface area contributed by atoms with Crippen LogP contribution in [0.2, 0.25) is 0 Å². The van der Waals surface area contributed by atoms with E-state index in [2.05, 4.69) is 9.97 Å². The number of carbonyl (C=O) groups is 2. The van der Waals surface area contributed by atoms with E-state index in [0.29, 0.717) is 0 Å². The summed E-state index contributed by atoms with van der Waals surface area (Å²) in [5.74, 6) is -0.706. The number of rotatable bonds is 1. The zero-order chi connectivity index (χ0) is 15.9. The molecule has 0 saturated heterocycles. The van der Waals surface area contributed by atoms with E-state index in [1.807, 2.05) is 0 Å². The Labute approximate surface area is 124 Å². The maximum Gasteiger partial charge on any atom is 0.417 e. The zero-order valence-electron chi connectivity index (χ0n) is 12.2. The van der Waals surface area contributed by atoms with E-state index < -0.39 is 28.8 Å². The van der Waals surface area contributed by atoms with Gasteiger partial charge in [0.15, 0.2) is 0 Å². The van der Waals surface area contributed by atoms with Crippen LogP contribution in [0.15, 0.2) is 5.03 Å². The van der Waals surface area contributed by atoms with Gasteiger partial charge in [-0.2, -0.15) is 4.98 Å². The Bertz CT molecular complexity index is 612. The summed E-state index contributed by atoms with van der Waals surface area (Å²) in [5.41, 5.74) is 5.15. The lowest BCUT2D eigenvalue weighted by Crippen LogP contribution is -2.37. The van der Waals surface area contributed by atoms with E-state index in [1.165, 1.54) is 6.26 Å². The van der Waals surface area contributed by atoms with Gasteiger partial charge in [0.25, 0.3) is 10.9 Å². The first kappa shape index (κ1) is 15.5. The molecule has 1 atom stereocenters. The van der Waals surface area contributed by atoms with Gasteiger partial charge in [-0.3, -0.25) is 4.79 Å². The van der Waals surface area contributed by atoms with Crippen molar-refractivity contribution in [1.29, 1.82) is 0 Å². The van der Waals surface area contributed by atoms with Crippen molar-refractivity contribution in [3.8, 4) is 0 Å². The Balaban J connectivity index is 2.37. The zero-order valence-corrected chi connectivity index (χ0v) is 13.0. The lowest BCUT2D eigenvalue weighted by Gasteiger charge is -2.23. The van der Waals surface area contributed by atoms with Crippen LogP contribution in [0.25, 0.3) is 0 Å². The standard InChI is InChI=1S/C12H16N4O4S/c1-12(2,3)20-11(18)16-5-6-7(9(16)17)8(21(4)19)15-10(13)14-6/h5H2,1-4H3,(H2,13,14,15). The fraction of sp³-hybridized carbons (Fsp3) is 0.500. The van der Waals surface area contributed by atoms with Crippen molar-refractivity contribution < 1.29 is 18.9 Å². The van der Waals surface area contributed by atoms with Crippen LogP contribution in [0.4, 0.5) is 10.7 Å². The van der Waals surface area contributed by atoms with Gasteiger partial charge in [-0.1, -0.05) is 0 Å². The number of nitrogens with two attached hydrogens (primary N) is 1. The van der Waals surface area contributed by atoms with Crippen LogP contribution in [0.1, 0.15) is 36.8 Å². The number of fused-ring (bicyclic) bond motifs is 1. The Morgan fingerprint density at radius 1 is 1.43 bits per heavy atom. The van der Waals surface area contributed by atoms with Gasteiger partial charge in [-0.25, -0.2) is 14.7 Å². The quantitative estimate of drug-likeness (QED) is 0.598. The Hall–Kier alpha value is -1.87. The molecule has 2 rings (SSSR count). The maximum absolute atomic E-state index is 12.3. The van der Waals surface area contributed by atoms with Crippen LogP contribution >= 0.6 is 0 Å². The molecule has 0 aliphatic carbocycles. The number of ether oxygens (including phenoxy) is 1. The number of nitrogens with zero attached hydrogens (tertiary/aromatic N) is 3. The monoisotopic (exact) mass is 312 g/mol. The smallest absolute Gasteiger partial charge is 0.417 e. The number of anilines is 1. The SMILES string of the molecule is C[S+]([O-])c1nc(N)nc2c1C(=O)N(C(=O)OC(C)(C)C)C2. The molecule has 114 valence electrons. The second-order valence-electron chi connectivity index (χ2n) is 5.53. The first-order chi connectivity index (χ1) is 9.60. The van der Waals surface area contributed by atoms with E-state index in [9.17, 15) is 14.1 Å². The van der Waals surface area contributed by atoms with Gasteiger partial charge in [-0.05, 0) is 20.8 Å². The highest BCUT2D eigenvalue weighted by Crippen LogP contribution is 2.28. The second kappa shape index (κ2) is 5.15. The molecule has 2 amide bonds. The van der Waals surface area contributed by atoms with Gasteiger partial charge in [0.05, 0.1) is 12.2 Å². The highest BCUT2D eigenvalue weighted by atomic mass is 32.2. The van der Waals surface area contributed by atoms with Crippen molar-refractivity contribution in [3.05, 3.63) is 11.3 Å². The molecule has 2 N–H and O–H groups in total. The summed E-state index contributed by atoms with van der Waals surface area (Å²) in [5, 5.41) is 0.0357. The summed E-state index contributed by atoms with van der Waals surface area (Å²) < 4.78 is 16.9. The maximum atomic E-state index is 12.3. The van der Waals surface area contributed by atoms with Crippen LogP contribution in [-0.2, 0) is 22.5 Å². The fourth-order valence-electron chi connectivity index (χ4n) is 1.86. The van der Waals surface area contributed by atoms with E-state index >= 15 is 0 Å². The minimum atomic E-state index is -1.52. The predicted molar refractivity (Wildman–Crippen MR) is 74.9 cm³/mol. The van der Waals surface area contributed by atoms with Gasteiger partial charge < -0.3 is 15.0 Å². The summed E-state index contributed by atoms with van der Waals surface area (Å²) in [7, 11) is 0. The number of carbonyl (C=O) groups excluding carboxylic acids is 2. The normalized spacial score (nSPS) is 15.9. The largest absolute Gasteiger partial charge is 0.610 e. The molecule has 0 saturated carbocycles. The van der Waals surface area contributed by atoms with Crippen LogP contribution in [0.5, 0.6) is 0 Å². The third-order valence-electron chi connectivity index (χ3n) is 2.62. The molecular weight excluding hydrogens is 296 g/mol. The first-order valence-electron chi connectivity index (χ1n) is 6.15. The van der Waals surface area contributed by atoms with Crippen molar-refractivity contribution in [2.75, 3.05) is 12.0 Å². The van der Waals surface area contributed by atoms with Gasteiger partial charge in [-0.15, -0.1) is 0 Å². The van der Waals surface area contributed by atoms with Crippen molar-refractivity contribution in [1.82, 2.24) is 14.9 Å². The van der Waals surface area contributed by atoms with Crippen LogP contribution < -0.4 is 5.73 Å². The van der Waals surface area contributed by atoms with E-state index in [1.54, 1.807) is 20.8 Å². The topological polar surface area (TPSA) is 121 Å². The second-order valence-corrected chi connectivity index (χ2v) is 6.83. The molecule has 1 aliphatic rings. The fourth-order valence-corrected chi connectivity index (χ4v) is 2.58. The molecule has 8 nitrogen and oxygen atoms in total. The summed E-state index contributed by atoms with van der Waals surface area (Å²) in [6.45, 7) is 5.02. The number of aromatic nitrogens is 2. The molecule has 0 bridgehead atoms. The minimum Gasteiger partial charge on any atom is -0.610 e. The van der Waals surface area contributed by atoms with Crippen molar-refractivity contribution in [2.45, 2.75) is 37.9 Å². The molecular formula is C12H16N4O4S. The molecule has 1 aromatic rings. The van der Waals surface area contributed by atoms with Crippen molar-refractivity contribution in [2.24, 2.45) is 0 Å². The molecule has 0 aromatic carbocycles. The number of imide groups is 1. The molecule has 0 spiro atoms. The molecule has 0 fully saturated rings. The lowest BCUT2D eigenvalue weighted by atomic mass is 10.2. The van der Waals surface area contributed by atoms with Crippen LogP contribution in [0, 0.1) is 0 Å². The average Bonchev–Trinajstić information content (AvgIpc) is 2.63. The highest BCUT2D eigenvalue weighted by molar-refractivity contribution is 7.90. The summed E-state index contributed by atoms with van der Waals surface area (Å²) in [4.78, 5) is 33.0. The Morgan fingerprint density at radius 2 is 2.05 bits per heavy atom. The van der Waals surface area contributed by atoms with Gasteiger partial charge >= 0.3 is 6.09 Å². The van der Waals surface area contributed by atoms with E-state index in [4.69, 9.17) is 10.5 Å². The van der Waals surface area contributed by atoms with E-state index in [-0.39, 0.29) is 28.8 Å². The lowest BCUT2D eigenvalue weighted by molar-refractivity contribution is 0.0246. The average molecular weight is 312 g/mol. The summed E-state index contributed by atoms with van der Waals surface area (Å²) in [6.07, 6.45) is 0.600. The molecule has 1 aromatic heterocycles. The predicted octanol–water partition coefficient (Wildman–Crippen LogP) is 0.687. The Kier molecular flexibility index (Phi) is 3.81. The molecule has 2 heterocycles. The van der Waals surface area contributed by atoms with Gasteiger partial charge in [0.2, 0.25) is 5.95 Å². The van der Waals surface area contributed by atoms with Crippen molar-refractivity contribution in [3.63, 3.8) is 0 Å². The third kappa shape index (κ3) is 3.08. The Morgan fingerprint density at radius 3 is 2.57 bits per heavy atom. The molecule has 0 radical (unpaired) electrons. The third-order valence-corrected chi connectivity index (χ3v) is 3.46.